The van der Waals surface area contributed by atoms with Gasteiger partial charge in [0.25, 0.3) is 0 Å². The van der Waals surface area contributed by atoms with Crippen molar-refractivity contribution in [3.8, 4) is 0 Å². The molecule has 2 aromatic rings. The monoisotopic (exact) mass is 257 g/mol. The van der Waals surface area contributed by atoms with Crippen LogP contribution >= 0.6 is 0 Å². The topological polar surface area (TPSA) is 63.5 Å². The van der Waals surface area contributed by atoms with E-state index in [4.69, 9.17) is 10.2 Å². The van der Waals surface area contributed by atoms with Crippen LogP contribution in [0.2, 0.25) is 0 Å². The van der Waals surface area contributed by atoms with E-state index in [1.54, 1.807) is 6.26 Å². The summed E-state index contributed by atoms with van der Waals surface area (Å²) in [6.45, 7) is 1.50. The van der Waals surface area contributed by atoms with Gasteiger partial charge in [-0.25, -0.2) is 4.99 Å². The van der Waals surface area contributed by atoms with Gasteiger partial charge in [0.15, 0.2) is 5.96 Å². The van der Waals surface area contributed by atoms with E-state index in [1.165, 1.54) is 19.3 Å². The molecule has 1 heterocycles. The van der Waals surface area contributed by atoms with Crippen molar-refractivity contribution in [1.82, 2.24) is 5.32 Å². The summed E-state index contributed by atoms with van der Waals surface area (Å²) in [5, 5.41) is 4.30. The largest absolute Gasteiger partial charge is 0.464 e. The number of aliphatic imine (C=N–C) groups is 1. The average Bonchev–Trinajstić information content (AvgIpc) is 2.78. The molecule has 4 heteroatoms. The summed E-state index contributed by atoms with van der Waals surface area (Å²) >= 11 is 0. The van der Waals surface area contributed by atoms with Crippen LogP contribution < -0.4 is 11.1 Å². The molecular formula is C15H19N3O. The van der Waals surface area contributed by atoms with E-state index >= 15 is 0 Å². The second-order valence-electron chi connectivity index (χ2n) is 5.14. The van der Waals surface area contributed by atoms with E-state index < -0.39 is 0 Å². The van der Waals surface area contributed by atoms with Crippen LogP contribution in [-0.4, -0.2) is 12.5 Å². The molecule has 0 spiro atoms. The number of nitrogens with zero attached hydrogens (tertiary/aromatic N) is 1. The van der Waals surface area contributed by atoms with Crippen LogP contribution in [0, 0.1) is 5.92 Å². The zero-order chi connectivity index (χ0) is 13.1. The minimum Gasteiger partial charge on any atom is -0.464 e. The van der Waals surface area contributed by atoms with Gasteiger partial charge in [0.1, 0.15) is 5.58 Å². The molecule has 3 rings (SSSR count). The standard InChI is InChI=1S/C15H19N3O/c16-15(17-8-11-4-3-5-11)18-9-12-10-19-14-7-2-1-6-13(12)14/h1-2,6-7,10-11H,3-5,8-9H2,(H3,16,17,18). The summed E-state index contributed by atoms with van der Waals surface area (Å²) in [6.07, 6.45) is 5.73. The van der Waals surface area contributed by atoms with Gasteiger partial charge in [0.05, 0.1) is 12.8 Å². The fourth-order valence-electron chi connectivity index (χ4n) is 2.33. The zero-order valence-corrected chi connectivity index (χ0v) is 10.9. The van der Waals surface area contributed by atoms with E-state index in [-0.39, 0.29) is 0 Å². The van der Waals surface area contributed by atoms with Crippen molar-refractivity contribution in [3.63, 3.8) is 0 Å². The number of hydrogen-bond acceptors (Lipinski definition) is 2. The molecule has 1 saturated carbocycles. The molecule has 0 saturated heterocycles. The smallest absolute Gasteiger partial charge is 0.188 e. The molecule has 4 nitrogen and oxygen atoms in total. The number of fused-ring (bicyclic) bond motifs is 1. The lowest BCUT2D eigenvalue weighted by molar-refractivity contribution is 0.315. The quantitative estimate of drug-likeness (QED) is 0.653. The Balaban J connectivity index is 1.60. The second-order valence-corrected chi connectivity index (χ2v) is 5.14. The van der Waals surface area contributed by atoms with Crippen LogP contribution in [-0.2, 0) is 6.54 Å². The molecule has 1 aliphatic carbocycles. The molecule has 1 fully saturated rings. The summed E-state index contributed by atoms with van der Waals surface area (Å²) in [5.41, 5.74) is 7.84. The molecule has 100 valence electrons. The molecule has 0 radical (unpaired) electrons. The minimum absolute atomic E-state index is 0.525. The number of hydrogen-bond donors (Lipinski definition) is 2. The Morgan fingerprint density at radius 2 is 2.21 bits per heavy atom. The molecule has 3 N–H and O–H groups in total. The number of guanidine groups is 1. The molecule has 0 bridgehead atoms. The predicted molar refractivity (Wildman–Crippen MR) is 76.9 cm³/mol. The molecule has 0 unspecified atom stereocenters. The average molecular weight is 257 g/mol. The van der Waals surface area contributed by atoms with Crippen molar-refractivity contribution < 1.29 is 4.42 Å². The lowest BCUT2D eigenvalue weighted by Crippen LogP contribution is -2.37. The third-order valence-electron chi connectivity index (χ3n) is 3.78. The first-order valence-electron chi connectivity index (χ1n) is 6.82. The fourth-order valence-corrected chi connectivity index (χ4v) is 2.33. The van der Waals surface area contributed by atoms with Crippen molar-refractivity contribution in [3.05, 3.63) is 36.1 Å². The number of rotatable bonds is 4. The van der Waals surface area contributed by atoms with Gasteiger partial charge in [-0.15, -0.1) is 0 Å². The zero-order valence-electron chi connectivity index (χ0n) is 10.9. The van der Waals surface area contributed by atoms with Crippen LogP contribution in [0.15, 0.2) is 39.9 Å². The van der Waals surface area contributed by atoms with Crippen LogP contribution in [0.25, 0.3) is 11.0 Å². The van der Waals surface area contributed by atoms with Crippen molar-refractivity contribution in [1.29, 1.82) is 0 Å². The fraction of sp³-hybridized carbons (Fsp3) is 0.400. The molecule has 0 atom stereocenters. The second kappa shape index (κ2) is 5.34. The highest BCUT2D eigenvalue weighted by atomic mass is 16.3. The maximum absolute atomic E-state index is 5.87. The van der Waals surface area contributed by atoms with Gasteiger partial charge in [-0.05, 0) is 24.8 Å². The molecule has 0 amide bonds. The first kappa shape index (κ1) is 12.1. The van der Waals surface area contributed by atoms with E-state index in [2.05, 4.69) is 10.3 Å². The predicted octanol–water partition coefficient (Wildman–Crippen LogP) is 2.64. The van der Waals surface area contributed by atoms with Crippen molar-refractivity contribution in [2.75, 3.05) is 6.54 Å². The molecule has 0 aliphatic heterocycles. The van der Waals surface area contributed by atoms with Gasteiger partial charge in [0, 0.05) is 17.5 Å². The highest BCUT2D eigenvalue weighted by Crippen LogP contribution is 2.25. The van der Waals surface area contributed by atoms with Gasteiger partial charge >= 0.3 is 0 Å². The van der Waals surface area contributed by atoms with Crippen LogP contribution in [0.1, 0.15) is 24.8 Å². The van der Waals surface area contributed by atoms with Gasteiger partial charge < -0.3 is 15.5 Å². The molecule has 1 aromatic carbocycles. The van der Waals surface area contributed by atoms with Gasteiger partial charge in [-0.1, -0.05) is 24.6 Å². The summed E-state index contributed by atoms with van der Waals surface area (Å²) in [5.74, 6) is 1.31. The molecule has 1 aliphatic rings. The Morgan fingerprint density at radius 1 is 1.37 bits per heavy atom. The maximum Gasteiger partial charge on any atom is 0.188 e. The summed E-state index contributed by atoms with van der Waals surface area (Å²) < 4.78 is 5.48. The number of nitrogens with two attached hydrogens (primary N) is 1. The SMILES string of the molecule is NC(=NCc1coc2ccccc12)NCC1CCC1. The van der Waals surface area contributed by atoms with E-state index in [1.807, 2.05) is 24.3 Å². The highest BCUT2D eigenvalue weighted by Gasteiger charge is 2.16. The molecular weight excluding hydrogens is 238 g/mol. The number of furan rings is 1. The lowest BCUT2D eigenvalue weighted by atomic mass is 9.85. The molecule has 1 aromatic heterocycles. The van der Waals surface area contributed by atoms with Crippen molar-refractivity contribution in [2.24, 2.45) is 16.6 Å². The first-order valence-corrected chi connectivity index (χ1v) is 6.82. The number of nitrogens with one attached hydrogen (secondary N) is 1. The summed E-state index contributed by atoms with van der Waals surface area (Å²) in [4.78, 5) is 4.37. The number of benzene rings is 1. The van der Waals surface area contributed by atoms with Crippen LogP contribution in [0.5, 0.6) is 0 Å². The number of para-hydroxylation sites is 1. The van der Waals surface area contributed by atoms with Crippen molar-refractivity contribution >= 4 is 16.9 Å². The Morgan fingerprint density at radius 3 is 3.00 bits per heavy atom. The Kier molecular flexibility index (Phi) is 3.40. The normalized spacial score (nSPS) is 16.5. The van der Waals surface area contributed by atoms with Gasteiger partial charge in [-0.3, -0.25) is 0 Å². The van der Waals surface area contributed by atoms with Gasteiger partial charge in [-0.2, -0.15) is 0 Å². The van der Waals surface area contributed by atoms with Crippen molar-refractivity contribution in [2.45, 2.75) is 25.8 Å². The summed E-state index contributed by atoms with van der Waals surface area (Å²) in [6, 6.07) is 7.97. The van der Waals surface area contributed by atoms with Crippen LogP contribution in [0.3, 0.4) is 0 Å². The summed E-state index contributed by atoms with van der Waals surface area (Å²) in [7, 11) is 0. The van der Waals surface area contributed by atoms with E-state index in [0.29, 0.717) is 12.5 Å². The maximum atomic E-state index is 5.87. The Hall–Kier alpha value is -1.97. The molecule has 19 heavy (non-hydrogen) atoms. The third-order valence-corrected chi connectivity index (χ3v) is 3.78. The Bertz CT molecular complexity index is 584. The van der Waals surface area contributed by atoms with Crippen LogP contribution in [0.4, 0.5) is 0 Å². The third kappa shape index (κ3) is 2.72. The van der Waals surface area contributed by atoms with Gasteiger partial charge in [0.2, 0.25) is 0 Å². The van der Waals surface area contributed by atoms with E-state index in [0.717, 1.165) is 29.0 Å². The first-order chi connectivity index (χ1) is 9.33. The lowest BCUT2D eigenvalue weighted by Gasteiger charge is -2.25. The highest BCUT2D eigenvalue weighted by molar-refractivity contribution is 5.82. The van der Waals surface area contributed by atoms with E-state index in [9.17, 15) is 0 Å². The Labute approximate surface area is 112 Å². The minimum atomic E-state index is 0.525.